The van der Waals surface area contributed by atoms with E-state index in [1.807, 2.05) is 34.9 Å². The molecule has 0 saturated carbocycles. The molecule has 2 heterocycles. The summed E-state index contributed by atoms with van der Waals surface area (Å²) >= 11 is 0. The first-order chi connectivity index (χ1) is 15.3. The van der Waals surface area contributed by atoms with Crippen molar-refractivity contribution in [2.75, 3.05) is 6.54 Å². The Morgan fingerprint density at radius 2 is 2.00 bits per heavy atom. The number of carbonyl (C=O) groups is 4. The molecule has 0 fully saturated rings. The van der Waals surface area contributed by atoms with Gasteiger partial charge in [0.2, 0.25) is 11.7 Å². The van der Waals surface area contributed by atoms with Gasteiger partial charge in [0.1, 0.15) is 18.7 Å². The lowest BCUT2D eigenvalue weighted by Gasteiger charge is -2.24. The van der Waals surface area contributed by atoms with Crippen LogP contribution in [-0.4, -0.2) is 51.9 Å². The number of ketones is 1. The van der Waals surface area contributed by atoms with Crippen LogP contribution in [0.5, 0.6) is 0 Å². The molecule has 2 atom stereocenters. The normalized spacial score (nSPS) is 17.3. The first kappa shape index (κ1) is 23.0. The number of alkyl carbamates (subject to hydrolysis) is 1. The molecule has 3 N–H and O–H groups in total. The number of Topliss-reactive ketones (excluding diaryl/α,β-unsaturated/α-hetero) is 1. The second-order valence-corrected chi connectivity index (χ2v) is 7.89. The summed E-state index contributed by atoms with van der Waals surface area (Å²) in [6.45, 7) is 4.32. The van der Waals surface area contributed by atoms with E-state index >= 15 is 0 Å². The van der Waals surface area contributed by atoms with Crippen LogP contribution in [0.1, 0.15) is 25.1 Å². The highest BCUT2D eigenvalue weighted by Crippen LogP contribution is 2.09. The minimum Gasteiger partial charge on any atom is -0.445 e. The summed E-state index contributed by atoms with van der Waals surface area (Å²) in [5.41, 5.74) is 1.53. The second kappa shape index (κ2) is 10.6. The molecule has 0 aliphatic carbocycles. The smallest absolute Gasteiger partial charge is 0.408 e. The zero-order valence-corrected chi connectivity index (χ0v) is 18.0. The summed E-state index contributed by atoms with van der Waals surface area (Å²) in [4.78, 5) is 54.1. The molecule has 1 aromatic heterocycles. The summed E-state index contributed by atoms with van der Waals surface area (Å²) in [5.74, 6) is -2.37. The fourth-order valence-corrected chi connectivity index (χ4v) is 3.36. The van der Waals surface area contributed by atoms with Crippen molar-refractivity contribution < 1.29 is 23.9 Å². The maximum atomic E-state index is 13.0. The number of hydrogen-bond donors (Lipinski definition) is 3. The first-order valence-corrected chi connectivity index (χ1v) is 10.4. The van der Waals surface area contributed by atoms with Crippen molar-refractivity contribution in [3.05, 3.63) is 54.1 Å². The number of hydrogen-bond acceptors (Lipinski definition) is 6. The molecule has 10 nitrogen and oxygen atoms in total. The number of imidazole rings is 1. The molecule has 1 aliphatic rings. The Kier molecular flexibility index (Phi) is 7.58. The molecular formula is C22H27N5O5. The van der Waals surface area contributed by atoms with Gasteiger partial charge in [0, 0.05) is 31.4 Å². The number of ether oxygens (including phenoxy) is 1. The average Bonchev–Trinajstić information content (AvgIpc) is 3.22. The van der Waals surface area contributed by atoms with Crippen LogP contribution in [0.2, 0.25) is 0 Å². The molecule has 170 valence electrons. The molecule has 0 spiro atoms. The minimum absolute atomic E-state index is 0.0599. The van der Waals surface area contributed by atoms with Crippen LogP contribution in [0.4, 0.5) is 4.79 Å². The van der Waals surface area contributed by atoms with E-state index in [9.17, 15) is 19.2 Å². The van der Waals surface area contributed by atoms with Gasteiger partial charge in [-0.1, -0.05) is 44.2 Å². The Bertz CT molecular complexity index is 972. The van der Waals surface area contributed by atoms with Gasteiger partial charge in [-0.05, 0) is 11.5 Å². The van der Waals surface area contributed by atoms with E-state index < -0.39 is 35.8 Å². The van der Waals surface area contributed by atoms with Crippen LogP contribution in [0.25, 0.3) is 0 Å². The third-order valence-electron chi connectivity index (χ3n) is 5.14. The summed E-state index contributed by atoms with van der Waals surface area (Å²) in [5, 5.41) is 7.73. The highest BCUT2D eigenvalue weighted by Gasteiger charge is 2.33. The van der Waals surface area contributed by atoms with E-state index in [0.717, 1.165) is 11.3 Å². The maximum absolute atomic E-state index is 13.0. The molecule has 2 aromatic rings. The van der Waals surface area contributed by atoms with E-state index in [2.05, 4.69) is 20.9 Å². The van der Waals surface area contributed by atoms with Crippen LogP contribution < -0.4 is 16.0 Å². The predicted molar refractivity (Wildman–Crippen MR) is 114 cm³/mol. The summed E-state index contributed by atoms with van der Waals surface area (Å²) in [7, 11) is 0. The fraction of sp³-hybridized carbons (Fsp3) is 0.409. The van der Waals surface area contributed by atoms with Gasteiger partial charge in [0.15, 0.2) is 0 Å². The topological polar surface area (TPSA) is 131 Å². The van der Waals surface area contributed by atoms with Gasteiger partial charge in [0.05, 0.1) is 6.33 Å². The number of carbonyl (C=O) groups excluding carboxylic acids is 4. The van der Waals surface area contributed by atoms with Crippen molar-refractivity contribution in [2.45, 2.75) is 45.5 Å². The Hall–Kier alpha value is -3.69. The molecule has 3 rings (SSSR count). The second-order valence-electron chi connectivity index (χ2n) is 7.89. The summed E-state index contributed by atoms with van der Waals surface area (Å²) < 4.78 is 7.02. The van der Waals surface area contributed by atoms with Crippen LogP contribution in [0.15, 0.2) is 42.9 Å². The van der Waals surface area contributed by atoms with Gasteiger partial charge in [-0.15, -0.1) is 0 Å². The van der Waals surface area contributed by atoms with Crippen molar-refractivity contribution >= 4 is 23.7 Å². The highest BCUT2D eigenvalue weighted by atomic mass is 16.5. The average molecular weight is 441 g/mol. The SMILES string of the molecule is CC(C)C(NC(=O)OCc1ccccc1)C(=O)NC1Cc2cncn2CCNC(=O)C1=O. The minimum atomic E-state index is -1.08. The summed E-state index contributed by atoms with van der Waals surface area (Å²) in [6, 6.07) is 7.12. The van der Waals surface area contributed by atoms with E-state index in [1.165, 1.54) is 0 Å². The zero-order valence-electron chi connectivity index (χ0n) is 18.0. The number of fused-ring (bicyclic) bond motifs is 1. The predicted octanol–water partition coefficient (Wildman–Crippen LogP) is 0.560. The van der Waals surface area contributed by atoms with Gasteiger partial charge in [-0.3, -0.25) is 14.4 Å². The molecule has 1 aromatic carbocycles. The number of nitrogens with one attached hydrogen (secondary N) is 3. The standard InChI is InChI=1S/C22H27N5O5/c1-14(2)18(26-22(31)32-12-15-6-4-3-5-7-15)20(29)25-17-10-16-11-23-13-27(16)9-8-24-21(30)19(17)28/h3-7,11,13-14,17-18H,8-10,12H2,1-2H3,(H,24,30)(H,25,29)(H,26,31). The van der Waals surface area contributed by atoms with E-state index in [1.54, 1.807) is 26.4 Å². The largest absolute Gasteiger partial charge is 0.445 e. The number of amides is 3. The molecule has 0 saturated heterocycles. The molecule has 0 radical (unpaired) electrons. The number of aromatic nitrogens is 2. The van der Waals surface area contributed by atoms with Crippen LogP contribution >= 0.6 is 0 Å². The van der Waals surface area contributed by atoms with Gasteiger partial charge < -0.3 is 25.3 Å². The maximum Gasteiger partial charge on any atom is 0.408 e. The third kappa shape index (κ3) is 5.93. The highest BCUT2D eigenvalue weighted by molar-refractivity contribution is 6.38. The molecular weight excluding hydrogens is 414 g/mol. The van der Waals surface area contributed by atoms with Crippen molar-refractivity contribution in [3.8, 4) is 0 Å². The monoisotopic (exact) mass is 441 g/mol. The zero-order chi connectivity index (χ0) is 23.1. The third-order valence-corrected chi connectivity index (χ3v) is 5.14. The van der Waals surface area contributed by atoms with Crippen LogP contribution in [0.3, 0.4) is 0 Å². The molecule has 0 bridgehead atoms. The summed E-state index contributed by atoms with van der Waals surface area (Å²) in [6.07, 6.45) is 2.57. The Morgan fingerprint density at radius 3 is 2.72 bits per heavy atom. The lowest BCUT2D eigenvalue weighted by molar-refractivity contribution is -0.140. The van der Waals surface area contributed by atoms with Crippen molar-refractivity contribution in [2.24, 2.45) is 5.92 Å². The fourth-order valence-electron chi connectivity index (χ4n) is 3.36. The molecule has 1 aliphatic heterocycles. The molecule has 32 heavy (non-hydrogen) atoms. The lowest BCUT2D eigenvalue weighted by atomic mass is 10.0. The van der Waals surface area contributed by atoms with Crippen LogP contribution in [0, 0.1) is 5.92 Å². The van der Waals surface area contributed by atoms with Gasteiger partial charge in [-0.25, -0.2) is 9.78 Å². The lowest BCUT2D eigenvalue weighted by Crippen LogP contribution is -2.56. The number of benzene rings is 1. The Morgan fingerprint density at radius 1 is 1.25 bits per heavy atom. The van der Waals surface area contributed by atoms with E-state index in [4.69, 9.17) is 4.74 Å². The van der Waals surface area contributed by atoms with Crippen molar-refractivity contribution in [1.29, 1.82) is 0 Å². The molecule has 3 amide bonds. The molecule has 10 heteroatoms. The first-order valence-electron chi connectivity index (χ1n) is 10.4. The van der Waals surface area contributed by atoms with E-state index in [0.29, 0.717) is 6.54 Å². The quantitative estimate of drug-likeness (QED) is 0.562. The van der Waals surface area contributed by atoms with Gasteiger partial charge in [0.25, 0.3) is 5.91 Å². The Balaban J connectivity index is 1.66. The van der Waals surface area contributed by atoms with Gasteiger partial charge in [-0.2, -0.15) is 0 Å². The number of nitrogens with zero attached hydrogens (tertiary/aromatic N) is 2. The molecule has 2 unspecified atom stereocenters. The Labute approximate surface area is 185 Å². The van der Waals surface area contributed by atoms with Gasteiger partial charge >= 0.3 is 6.09 Å². The number of rotatable bonds is 6. The van der Waals surface area contributed by atoms with E-state index in [-0.39, 0.29) is 25.5 Å². The van der Waals surface area contributed by atoms with Crippen LogP contribution in [-0.2, 0) is 38.7 Å². The van der Waals surface area contributed by atoms with Crippen molar-refractivity contribution in [1.82, 2.24) is 25.5 Å². The van der Waals surface area contributed by atoms with Crippen molar-refractivity contribution in [3.63, 3.8) is 0 Å².